The first-order valence-electron chi connectivity index (χ1n) is 9.27. The van der Waals surface area contributed by atoms with Gasteiger partial charge >= 0.3 is 0 Å². The van der Waals surface area contributed by atoms with Gasteiger partial charge in [0.25, 0.3) is 0 Å². The van der Waals surface area contributed by atoms with E-state index >= 15 is 0 Å². The Morgan fingerprint density at radius 1 is 1.24 bits per heavy atom. The van der Waals surface area contributed by atoms with E-state index in [0.717, 1.165) is 24.9 Å². The van der Waals surface area contributed by atoms with Crippen LogP contribution in [0.1, 0.15) is 51.6 Å². The zero-order valence-corrected chi connectivity index (χ0v) is 15.6. The third kappa shape index (κ3) is 5.56. The highest BCUT2D eigenvalue weighted by Gasteiger charge is 2.31. The minimum atomic E-state index is -0.626. The van der Waals surface area contributed by atoms with E-state index in [1.54, 1.807) is 0 Å². The lowest BCUT2D eigenvalue weighted by molar-refractivity contribution is -0.138. The standard InChI is InChI=1S/C20H31N3O2/c1-14(2)12-18(24)22-19(16-8-5-4-6-9-16)20(25)23-11-7-10-17(13-23)15(3)21/h4-6,8-9,14-15,17,19H,7,10-13,21H2,1-3H3,(H,22,24). The highest BCUT2D eigenvalue weighted by molar-refractivity contribution is 5.88. The van der Waals surface area contributed by atoms with Crippen LogP contribution in [0.4, 0.5) is 0 Å². The Kier molecular flexibility index (Phi) is 7.00. The van der Waals surface area contributed by atoms with Gasteiger partial charge in [0, 0.05) is 25.6 Å². The molecule has 2 amide bonds. The van der Waals surface area contributed by atoms with Crippen LogP contribution in [0.2, 0.25) is 0 Å². The Morgan fingerprint density at radius 2 is 1.92 bits per heavy atom. The maximum atomic E-state index is 13.2. The molecule has 138 valence electrons. The molecule has 5 nitrogen and oxygen atoms in total. The number of nitrogens with zero attached hydrogens (tertiary/aromatic N) is 1. The quantitative estimate of drug-likeness (QED) is 0.832. The second kappa shape index (κ2) is 8.99. The first-order chi connectivity index (χ1) is 11.9. The van der Waals surface area contributed by atoms with Gasteiger partial charge in [-0.15, -0.1) is 0 Å². The van der Waals surface area contributed by atoms with E-state index in [2.05, 4.69) is 5.32 Å². The minimum Gasteiger partial charge on any atom is -0.341 e. The lowest BCUT2D eigenvalue weighted by atomic mass is 9.91. The lowest BCUT2D eigenvalue weighted by Gasteiger charge is -2.36. The summed E-state index contributed by atoms with van der Waals surface area (Å²) in [5, 5.41) is 2.94. The molecule has 1 fully saturated rings. The molecule has 3 unspecified atom stereocenters. The molecule has 1 aromatic rings. The van der Waals surface area contributed by atoms with Crippen molar-refractivity contribution in [1.29, 1.82) is 0 Å². The molecule has 0 saturated carbocycles. The molecule has 1 aromatic carbocycles. The molecule has 1 saturated heterocycles. The summed E-state index contributed by atoms with van der Waals surface area (Å²) in [4.78, 5) is 27.3. The fraction of sp³-hybridized carbons (Fsp3) is 0.600. The molecule has 3 atom stereocenters. The van der Waals surface area contributed by atoms with Crippen molar-refractivity contribution in [1.82, 2.24) is 10.2 Å². The number of likely N-dealkylation sites (tertiary alicyclic amines) is 1. The number of carbonyl (C=O) groups excluding carboxylic acids is 2. The van der Waals surface area contributed by atoms with Crippen molar-refractivity contribution < 1.29 is 9.59 Å². The van der Waals surface area contributed by atoms with Crippen molar-refractivity contribution >= 4 is 11.8 Å². The average molecular weight is 345 g/mol. The molecule has 5 heteroatoms. The summed E-state index contributed by atoms with van der Waals surface area (Å²) in [7, 11) is 0. The van der Waals surface area contributed by atoms with E-state index in [-0.39, 0.29) is 23.8 Å². The molecule has 1 aliphatic heterocycles. The summed E-state index contributed by atoms with van der Waals surface area (Å²) in [6.45, 7) is 7.39. The molecule has 0 aromatic heterocycles. The number of benzene rings is 1. The maximum absolute atomic E-state index is 13.2. The summed E-state index contributed by atoms with van der Waals surface area (Å²) >= 11 is 0. The van der Waals surface area contributed by atoms with Gasteiger partial charge in [0.05, 0.1) is 0 Å². The molecule has 1 aliphatic rings. The molecule has 25 heavy (non-hydrogen) atoms. The Bertz CT molecular complexity index is 572. The van der Waals surface area contributed by atoms with Crippen molar-refractivity contribution in [2.75, 3.05) is 13.1 Å². The SMILES string of the molecule is CC(C)CC(=O)NC(C(=O)N1CCCC(C(C)N)C1)c1ccccc1. The smallest absolute Gasteiger partial charge is 0.249 e. The lowest BCUT2D eigenvalue weighted by Crippen LogP contribution is -2.49. The average Bonchev–Trinajstić information content (AvgIpc) is 2.59. The van der Waals surface area contributed by atoms with Gasteiger partial charge in [-0.05, 0) is 37.2 Å². The first-order valence-corrected chi connectivity index (χ1v) is 9.27. The number of carbonyl (C=O) groups is 2. The van der Waals surface area contributed by atoms with Gasteiger partial charge in [0.1, 0.15) is 6.04 Å². The minimum absolute atomic E-state index is 0.0337. The first kappa shape index (κ1) is 19.4. The largest absolute Gasteiger partial charge is 0.341 e. The van der Waals surface area contributed by atoms with Crippen LogP contribution in [0.25, 0.3) is 0 Å². The zero-order valence-electron chi connectivity index (χ0n) is 15.6. The third-order valence-corrected chi connectivity index (χ3v) is 4.79. The van der Waals surface area contributed by atoms with Gasteiger partial charge in [0.2, 0.25) is 11.8 Å². The molecular formula is C20H31N3O2. The molecular weight excluding hydrogens is 314 g/mol. The maximum Gasteiger partial charge on any atom is 0.249 e. The second-order valence-corrected chi connectivity index (χ2v) is 7.55. The fourth-order valence-electron chi connectivity index (χ4n) is 3.35. The molecule has 0 radical (unpaired) electrons. The topological polar surface area (TPSA) is 75.4 Å². The summed E-state index contributed by atoms with van der Waals surface area (Å²) in [5.74, 6) is 0.455. The number of piperidine rings is 1. The molecule has 0 bridgehead atoms. The van der Waals surface area contributed by atoms with Crippen molar-refractivity contribution in [2.45, 2.75) is 52.1 Å². The Balaban J connectivity index is 2.16. The summed E-state index contributed by atoms with van der Waals surface area (Å²) < 4.78 is 0. The molecule has 2 rings (SSSR count). The third-order valence-electron chi connectivity index (χ3n) is 4.79. The highest BCUT2D eigenvalue weighted by Crippen LogP contribution is 2.23. The van der Waals surface area contributed by atoms with Crippen LogP contribution < -0.4 is 11.1 Å². The van der Waals surface area contributed by atoms with Crippen LogP contribution in [0.15, 0.2) is 30.3 Å². The highest BCUT2D eigenvalue weighted by atomic mass is 16.2. The summed E-state index contributed by atoms with van der Waals surface area (Å²) in [6.07, 6.45) is 2.43. The monoisotopic (exact) mass is 345 g/mol. The predicted octanol–water partition coefficient (Wildman–Crippen LogP) is 2.48. The predicted molar refractivity (Wildman–Crippen MR) is 99.7 cm³/mol. The van der Waals surface area contributed by atoms with Gasteiger partial charge < -0.3 is 16.0 Å². The van der Waals surface area contributed by atoms with Crippen LogP contribution in [-0.4, -0.2) is 35.8 Å². The number of hydrogen-bond acceptors (Lipinski definition) is 3. The van der Waals surface area contributed by atoms with E-state index in [9.17, 15) is 9.59 Å². The Hall–Kier alpha value is -1.88. The Labute approximate surface area is 151 Å². The molecule has 0 aliphatic carbocycles. The number of rotatable bonds is 6. The van der Waals surface area contributed by atoms with Crippen LogP contribution in [0.5, 0.6) is 0 Å². The second-order valence-electron chi connectivity index (χ2n) is 7.55. The molecule has 0 spiro atoms. The number of hydrogen-bond donors (Lipinski definition) is 2. The number of amides is 2. The van der Waals surface area contributed by atoms with Gasteiger partial charge in [-0.25, -0.2) is 0 Å². The van der Waals surface area contributed by atoms with Crippen molar-refractivity contribution in [3.8, 4) is 0 Å². The van der Waals surface area contributed by atoms with Crippen LogP contribution in [0, 0.1) is 11.8 Å². The summed E-state index contributed by atoms with van der Waals surface area (Å²) in [6, 6.07) is 8.93. The van der Waals surface area contributed by atoms with E-state index in [0.29, 0.717) is 18.9 Å². The van der Waals surface area contributed by atoms with Gasteiger partial charge in [-0.1, -0.05) is 44.2 Å². The zero-order chi connectivity index (χ0) is 18.4. The van der Waals surface area contributed by atoms with E-state index in [4.69, 9.17) is 5.73 Å². The summed E-state index contributed by atoms with van der Waals surface area (Å²) in [5.41, 5.74) is 6.87. The van der Waals surface area contributed by atoms with Gasteiger partial charge in [-0.2, -0.15) is 0 Å². The van der Waals surface area contributed by atoms with Crippen molar-refractivity contribution in [2.24, 2.45) is 17.6 Å². The van der Waals surface area contributed by atoms with Crippen molar-refractivity contribution in [3.63, 3.8) is 0 Å². The van der Waals surface area contributed by atoms with Crippen molar-refractivity contribution in [3.05, 3.63) is 35.9 Å². The molecule has 1 heterocycles. The van der Waals surface area contributed by atoms with Crippen LogP contribution >= 0.6 is 0 Å². The number of nitrogens with two attached hydrogens (primary N) is 1. The Morgan fingerprint density at radius 3 is 2.52 bits per heavy atom. The van der Waals surface area contributed by atoms with Gasteiger partial charge in [0.15, 0.2) is 0 Å². The van der Waals surface area contributed by atoms with Gasteiger partial charge in [-0.3, -0.25) is 9.59 Å². The normalized spacial score (nSPS) is 20.2. The van der Waals surface area contributed by atoms with Crippen LogP contribution in [-0.2, 0) is 9.59 Å². The van der Waals surface area contributed by atoms with Crippen LogP contribution in [0.3, 0.4) is 0 Å². The molecule has 3 N–H and O–H groups in total. The fourth-order valence-corrected chi connectivity index (χ4v) is 3.35. The number of nitrogens with one attached hydrogen (secondary N) is 1. The van der Waals surface area contributed by atoms with E-state index < -0.39 is 6.04 Å². The van der Waals surface area contributed by atoms with E-state index in [1.807, 2.05) is 56.0 Å². The van der Waals surface area contributed by atoms with E-state index in [1.165, 1.54) is 0 Å².